The Labute approximate surface area is 88.1 Å². The van der Waals surface area contributed by atoms with Gasteiger partial charge in [-0.05, 0) is 5.56 Å². The highest BCUT2D eigenvalue weighted by atomic mass is 16.6. The fraction of sp³-hybridized carbons (Fsp3) is 0.273. The van der Waals surface area contributed by atoms with E-state index in [4.69, 9.17) is 4.84 Å². The van der Waals surface area contributed by atoms with Gasteiger partial charge in [-0.15, -0.1) is 0 Å². The summed E-state index contributed by atoms with van der Waals surface area (Å²) in [6.45, 7) is 0.623. The van der Waals surface area contributed by atoms with Crippen molar-refractivity contribution in [2.75, 3.05) is 14.2 Å². The number of likely N-dealkylation sites (N-methyl/N-ethyl adjacent to an activating group) is 1. The van der Waals surface area contributed by atoms with Crippen LogP contribution in [-0.4, -0.2) is 30.7 Å². The molecule has 0 unspecified atom stereocenters. The summed E-state index contributed by atoms with van der Waals surface area (Å²) in [5.74, 6) is -0.101. The van der Waals surface area contributed by atoms with E-state index in [0.717, 1.165) is 11.1 Å². The number of rotatable bonds is 1. The lowest BCUT2D eigenvalue weighted by molar-refractivity contribution is -0.123. The average molecular weight is 204 g/mol. The number of nitrogens with zero attached hydrogens (tertiary/aromatic N) is 2. The molecule has 0 saturated carbocycles. The third-order valence-corrected chi connectivity index (χ3v) is 2.41. The van der Waals surface area contributed by atoms with Crippen molar-refractivity contribution in [3.63, 3.8) is 0 Å². The van der Waals surface area contributed by atoms with Crippen molar-refractivity contribution in [2.24, 2.45) is 5.16 Å². The molecule has 1 amide bonds. The standard InChI is InChI=1S/C11H12N2O2/c1-13-7-8-5-3-4-6-9(8)10(11(13)14)12-15-2/h3-6H,7H2,1-2H3/b12-10-. The number of oxime groups is 1. The molecule has 0 bridgehead atoms. The Kier molecular flexibility index (Phi) is 2.41. The molecule has 0 aromatic heterocycles. The fourth-order valence-corrected chi connectivity index (χ4v) is 1.69. The predicted octanol–water partition coefficient (Wildman–Crippen LogP) is 1.01. The van der Waals surface area contributed by atoms with Crippen LogP contribution >= 0.6 is 0 Å². The summed E-state index contributed by atoms with van der Waals surface area (Å²) in [7, 11) is 3.20. The first-order chi connectivity index (χ1) is 7.24. The molecule has 0 saturated heterocycles. The van der Waals surface area contributed by atoms with Gasteiger partial charge in [0.25, 0.3) is 5.91 Å². The minimum atomic E-state index is -0.101. The number of fused-ring (bicyclic) bond motifs is 1. The summed E-state index contributed by atoms with van der Waals surface area (Å²) >= 11 is 0. The van der Waals surface area contributed by atoms with Gasteiger partial charge in [0.05, 0.1) is 0 Å². The van der Waals surface area contributed by atoms with Gasteiger partial charge >= 0.3 is 0 Å². The van der Waals surface area contributed by atoms with E-state index in [9.17, 15) is 4.79 Å². The molecule has 1 aromatic carbocycles. The van der Waals surface area contributed by atoms with E-state index < -0.39 is 0 Å². The summed E-state index contributed by atoms with van der Waals surface area (Å²) in [5.41, 5.74) is 2.33. The Morgan fingerprint density at radius 2 is 2.13 bits per heavy atom. The van der Waals surface area contributed by atoms with E-state index >= 15 is 0 Å². The average Bonchev–Trinajstić information content (AvgIpc) is 2.25. The zero-order chi connectivity index (χ0) is 10.8. The second-order valence-electron chi connectivity index (χ2n) is 3.44. The van der Waals surface area contributed by atoms with Crippen molar-refractivity contribution >= 4 is 11.6 Å². The summed E-state index contributed by atoms with van der Waals surface area (Å²) in [6.07, 6.45) is 0. The van der Waals surface area contributed by atoms with Gasteiger partial charge in [0, 0.05) is 19.2 Å². The Bertz CT molecular complexity index is 426. The molecule has 4 nitrogen and oxygen atoms in total. The van der Waals surface area contributed by atoms with E-state index in [-0.39, 0.29) is 5.91 Å². The predicted molar refractivity (Wildman–Crippen MR) is 56.5 cm³/mol. The van der Waals surface area contributed by atoms with Crippen LogP contribution in [0.25, 0.3) is 0 Å². The third kappa shape index (κ3) is 1.58. The van der Waals surface area contributed by atoms with E-state index in [0.29, 0.717) is 12.3 Å². The number of benzene rings is 1. The molecule has 0 aliphatic carbocycles. The number of hydrogen-bond donors (Lipinski definition) is 0. The summed E-state index contributed by atoms with van der Waals surface area (Å²) in [6, 6.07) is 7.72. The smallest absolute Gasteiger partial charge is 0.276 e. The number of hydrogen-bond acceptors (Lipinski definition) is 3. The number of amides is 1. The molecule has 1 aromatic rings. The zero-order valence-electron chi connectivity index (χ0n) is 8.73. The van der Waals surface area contributed by atoms with Crippen LogP contribution in [0.5, 0.6) is 0 Å². The largest absolute Gasteiger partial charge is 0.398 e. The molecule has 0 N–H and O–H groups in total. The molecule has 0 atom stereocenters. The van der Waals surface area contributed by atoms with E-state index in [1.165, 1.54) is 7.11 Å². The van der Waals surface area contributed by atoms with Crippen LogP contribution < -0.4 is 0 Å². The topological polar surface area (TPSA) is 41.9 Å². The summed E-state index contributed by atoms with van der Waals surface area (Å²) < 4.78 is 0. The molecule has 78 valence electrons. The molecule has 0 fully saturated rings. The maximum Gasteiger partial charge on any atom is 0.276 e. The first-order valence-electron chi connectivity index (χ1n) is 4.69. The van der Waals surface area contributed by atoms with Gasteiger partial charge in [-0.3, -0.25) is 4.79 Å². The van der Waals surface area contributed by atoms with Crippen LogP contribution in [0.3, 0.4) is 0 Å². The molecule has 0 spiro atoms. The van der Waals surface area contributed by atoms with Crippen molar-refractivity contribution < 1.29 is 9.63 Å². The fourth-order valence-electron chi connectivity index (χ4n) is 1.69. The highest BCUT2D eigenvalue weighted by molar-refractivity contribution is 6.46. The van der Waals surface area contributed by atoms with Gasteiger partial charge in [0.15, 0.2) is 5.71 Å². The lowest BCUT2D eigenvalue weighted by Crippen LogP contribution is -2.38. The van der Waals surface area contributed by atoms with Crippen LogP contribution in [0.15, 0.2) is 29.4 Å². The molecule has 0 radical (unpaired) electrons. The van der Waals surface area contributed by atoms with Crippen LogP contribution in [-0.2, 0) is 16.2 Å². The van der Waals surface area contributed by atoms with Crippen molar-refractivity contribution in [3.8, 4) is 0 Å². The highest BCUT2D eigenvalue weighted by Crippen LogP contribution is 2.18. The zero-order valence-corrected chi connectivity index (χ0v) is 8.73. The van der Waals surface area contributed by atoms with Gasteiger partial charge in [-0.25, -0.2) is 0 Å². The maximum absolute atomic E-state index is 11.8. The van der Waals surface area contributed by atoms with Gasteiger partial charge in [-0.1, -0.05) is 29.4 Å². The van der Waals surface area contributed by atoms with Crippen molar-refractivity contribution in [3.05, 3.63) is 35.4 Å². The minimum absolute atomic E-state index is 0.101. The summed E-state index contributed by atoms with van der Waals surface area (Å²) in [4.78, 5) is 18.1. The minimum Gasteiger partial charge on any atom is -0.398 e. The first kappa shape index (κ1) is 9.71. The lowest BCUT2D eigenvalue weighted by Gasteiger charge is -2.25. The SMILES string of the molecule is CO/N=C1\C(=O)N(C)Cc2ccccc21. The van der Waals surface area contributed by atoms with Crippen molar-refractivity contribution in [2.45, 2.75) is 6.54 Å². The quantitative estimate of drug-likeness (QED) is 0.641. The van der Waals surface area contributed by atoms with Crippen molar-refractivity contribution in [1.29, 1.82) is 0 Å². The van der Waals surface area contributed by atoms with Gasteiger partial charge in [0.1, 0.15) is 7.11 Å². The van der Waals surface area contributed by atoms with E-state index in [2.05, 4.69) is 5.16 Å². The summed E-state index contributed by atoms with van der Waals surface area (Å²) in [5, 5.41) is 3.78. The van der Waals surface area contributed by atoms with Gasteiger partial charge in [-0.2, -0.15) is 0 Å². The Morgan fingerprint density at radius 3 is 2.87 bits per heavy atom. The van der Waals surface area contributed by atoms with Gasteiger partial charge < -0.3 is 9.74 Å². The Balaban J connectivity index is 2.55. The van der Waals surface area contributed by atoms with Crippen LogP contribution in [0.2, 0.25) is 0 Å². The lowest BCUT2D eigenvalue weighted by atomic mass is 9.98. The van der Waals surface area contributed by atoms with Crippen LogP contribution in [0, 0.1) is 0 Å². The second kappa shape index (κ2) is 3.73. The molecule has 1 aliphatic rings. The molecule has 4 heteroatoms. The normalized spacial score (nSPS) is 17.9. The highest BCUT2D eigenvalue weighted by Gasteiger charge is 2.27. The van der Waals surface area contributed by atoms with Crippen LogP contribution in [0.4, 0.5) is 0 Å². The van der Waals surface area contributed by atoms with E-state index in [1.807, 2.05) is 24.3 Å². The van der Waals surface area contributed by atoms with Crippen molar-refractivity contribution in [1.82, 2.24) is 4.90 Å². The van der Waals surface area contributed by atoms with Crippen LogP contribution in [0.1, 0.15) is 11.1 Å². The maximum atomic E-state index is 11.8. The second-order valence-corrected chi connectivity index (χ2v) is 3.44. The first-order valence-corrected chi connectivity index (χ1v) is 4.69. The number of carbonyl (C=O) groups is 1. The Morgan fingerprint density at radius 1 is 1.40 bits per heavy atom. The molecule has 2 rings (SSSR count). The molecule has 15 heavy (non-hydrogen) atoms. The van der Waals surface area contributed by atoms with Gasteiger partial charge in [0.2, 0.25) is 0 Å². The molecule has 1 aliphatic heterocycles. The molecule has 1 heterocycles. The third-order valence-electron chi connectivity index (χ3n) is 2.41. The Hall–Kier alpha value is -1.84. The monoisotopic (exact) mass is 204 g/mol. The molecular formula is C11H12N2O2. The van der Waals surface area contributed by atoms with E-state index in [1.54, 1.807) is 11.9 Å². The molecular weight excluding hydrogens is 192 g/mol. The number of carbonyl (C=O) groups excluding carboxylic acids is 1.